The van der Waals surface area contributed by atoms with Gasteiger partial charge >= 0.3 is 0 Å². The van der Waals surface area contributed by atoms with Crippen LogP contribution in [0, 0.1) is 11.8 Å². The second-order valence-corrected chi connectivity index (χ2v) is 5.74. The molecule has 18 heavy (non-hydrogen) atoms. The van der Waals surface area contributed by atoms with E-state index in [9.17, 15) is 4.79 Å². The molecule has 2 rings (SSSR count). The topological polar surface area (TPSA) is 58.4 Å². The van der Waals surface area contributed by atoms with Gasteiger partial charge in [0.15, 0.2) is 0 Å². The fourth-order valence-corrected chi connectivity index (χ4v) is 2.57. The van der Waals surface area contributed by atoms with Crippen molar-refractivity contribution in [1.29, 1.82) is 0 Å². The van der Waals surface area contributed by atoms with E-state index in [2.05, 4.69) is 17.1 Å². The van der Waals surface area contributed by atoms with Crippen LogP contribution < -0.4 is 11.1 Å². The summed E-state index contributed by atoms with van der Waals surface area (Å²) in [7, 11) is 0. The van der Waals surface area contributed by atoms with Gasteiger partial charge in [0, 0.05) is 19.1 Å². The molecule has 1 heterocycles. The quantitative estimate of drug-likeness (QED) is 0.787. The SMILES string of the molecule is CC1CCN(CC(=O)NCC2CC2)C(CN)C1.Cl. The van der Waals surface area contributed by atoms with E-state index in [0.717, 1.165) is 31.3 Å². The van der Waals surface area contributed by atoms with Gasteiger partial charge in [-0.15, -0.1) is 12.4 Å². The molecular weight excluding hydrogens is 250 g/mol. The van der Waals surface area contributed by atoms with Crippen LogP contribution in [0.3, 0.4) is 0 Å². The fourth-order valence-electron chi connectivity index (χ4n) is 2.57. The first-order valence-electron chi connectivity index (χ1n) is 6.90. The van der Waals surface area contributed by atoms with Crippen molar-refractivity contribution in [3.8, 4) is 0 Å². The molecule has 106 valence electrons. The van der Waals surface area contributed by atoms with E-state index >= 15 is 0 Å². The molecule has 0 bridgehead atoms. The lowest BCUT2D eigenvalue weighted by Gasteiger charge is -2.37. The number of amides is 1. The smallest absolute Gasteiger partial charge is 0.234 e. The van der Waals surface area contributed by atoms with Gasteiger partial charge in [-0.3, -0.25) is 9.69 Å². The number of carbonyl (C=O) groups excluding carboxylic acids is 1. The molecule has 2 aliphatic rings. The summed E-state index contributed by atoms with van der Waals surface area (Å²) in [5.41, 5.74) is 5.79. The summed E-state index contributed by atoms with van der Waals surface area (Å²) in [6.45, 7) is 5.35. The van der Waals surface area contributed by atoms with Gasteiger partial charge in [-0.2, -0.15) is 0 Å². The standard InChI is InChI=1S/C13H25N3O.ClH/c1-10-4-5-16(12(6-10)7-14)9-13(17)15-8-11-2-3-11;/h10-12H,2-9,14H2,1H3,(H,15,17);1H. The highest BCUT2D eigenvalue weighted by Crippen LogP contribution is 2.27. The number of nitrogens with two attached hydrogens (primary N) is 1. The van der Waals surface area contributed by atoms with E-state index in [1.807, 2.05) is 0 Å². The lowest BCUT2D eigenvalue weighted by molar-refractivity contribution is -0.123. The third-order valence-corrected chi connectivity index (χ3v) is 4.00. The molecule has 1 amide bonds. The molecule has 1 aliphatic heterocycles. The monoisotopic (exact) mass is 275 g/mol. The van der Waals surface area contributed by atoms with Crippen LogP contribution in [0.2, 0.25) is 0 Å². The maximum absolute atomic E-state index is 11.8. The average Bonchev–Trinajstić information content (AvgIpc) is 3.12. The Hall–Kier alpha value is -0.320. The van der Waals surface area contributed by atoms with Crippen molar-refractivity contribution in [1.82, 2.24) is 10.2 Å². The third-order valence-electron chi connectivity index (χ3n) is 4.00. The molecule has 4 nitrogen and oxygen atoms in total. The molecule has 5 heteroatoms. The maximum atomic E-state index is 11.8. The second kappa shape index (κ2) is 7.31. The molecule has 0 aromatic rings. The van der Waals surface area contributed by atoms with Crippen molar-refractivity contribution in [3.05, 3.63) is 0 Å². The molecule has 0 aromatic carbocycles. The molecule has 1 aliphatic carbocycles. The maximum Gasteiger partial charge on any atom is 0.234 e. The van der Waals surface area contributed by atoms with Crippen molar-refractivity contribution in [2.24, 2.45) is 17.6 Å². The van der Waals surface area contributed by atoms with Gasteiger partial charge in [-0.25, -0.2) is 0 Å². The first-order chi connectivity index (χ1) is 8.19. The van der Waals surface area contributed by atoms with Gasteiger partial charge in [-0.1, -0.05) is 6.92 Å². The summed E-state index contributed by atoms with van der Waals surface area (Å²) < 4.78 is 0. The van der Waals surface area contributed by atoms with Crippen molar-refractivity contribution >= 4 is 18.3 Å². The summed E-state index contributed by atoms with van der Waals surface area (Å²) in [4.78, 5) is 14.0. The first-order valence-corrected chi connectivity index (χ1v) is 6.90. The molecule has 2 unspecified atom stereocenters. The lowest BCUT2D eigenvalue weighted by atomic mass is 9.92. The molecule has 0 spiro atoms. The van der Waals surface area contributed by atoms with Crippen LogP contribution in [-0.2, 0) is 4.79 Å². The lowest BCUT2D eigenvalue weighted by Crippen LogP contribution is -2.50. The van der Waals surface area contributed by atoms with Crippen molar-refractivity contribution in [3.63, 3.8) is 0 Å². The molecule has 0 radical (unpaired) electrons. The summed E-state index contributed by atoms with van der Waals surface area (Å²) in [5, 5.41) is 3.03. The number of likely N-dealkylation sites (tertiary alicyclic amines) is 1. The van der Waals surface area contributed by atoms with Crippen LogP contribution >= 0.6 is 12.4 Å². The zero-order chi connectivity index (χ0) is 12.3. The number of nitrogens with one attached hydrogen (secondary N) is 1. The van der Waals surface area contributed by atoms with E-state index in [1.165, 1.54) is 19.3 Å². The van der Waals surface area contributed by atoms with E-state index in [0.29, 0.717) is 19.1 Å². The summed E-state index contributed by atoms with van der Waals surface area (Å²) in [5.74, 6) is 1.67. The number of hydrogen-bond acceptors (Lipinski definition) is 3. The number of piperidine rings is 1. The van der Waals surface area contributed by atoms with Crippen LogP contribution in [0.5, 0.6) is 0 Å². The minimum atomic E-state index is 0. The molecule has 1 saturated heterocycles. The van der Waals surface area contributed by atoms with Crippen LogP contribution in [-0.4, -0.2) is 43.0 Å². The second-order valence-electron chi connectivity index (χ2n) is 5.74. The number of rotatable bonds is 5. The van der Waals surface area contributed by atoms with Gasteiger partial charge < -0.3 is 11.1 Å². The van der Waals surface area contributed by atoms with E-state index in [-0.39, 0.29) is 18.3 Å². The van der Waals surface area contributed by atoms with Gasteiger partial charge in [0.1, 0.15) is 0 Å². The van der Waals surface area contributed by atoms with E-state index in [1.54, 1.807) is 0 Å². The Kier molecular flexibility index (Phi) is 6.39. The predicted octanol–water partition coefficient (Wildman–Crippen LogP) is 0.994. The highest BCUT2D eigenvalue weighted by Gasteiger charge is 2.27. The number of hydrogen-bond donors (Lipinski definition) is 2. The van der Waals surface area contributed by atoms with Crippen LogP contribution in [0.1, 0.15) is 32.6 Å². The Morgan fingerprint density at radius 3 is 2.72 bits per heavy atom. The predicted molar refractivity (Wildman–Crippen MR) is 75.8 cm³/mol. The Bertz CT molecular complexity index is 271. The molecule has 0 aromatic heterocycles. The highest BCUT2D eigenvalue weighted by atomic mass is 35.5. The normalized spacial score (nSPS) is 28.6. The van der Waals surface area contributed by atoms with Gasteiger partial charge in [-0.05, 0) is 44.1 Å². The summed E-state index contributed by atoms with van der Waals surface area (Å²) in [6.07, 6.45) is 4.89. The van der Waals surface area contributed by atoms with Gasteiger partial charge in [0.2, 0.25) is 5.91 Å². The Labute approximate surface area is 116 Å². The first kappa shape index (κ1) is 15.7. The minimum Gasteiger partial charge on any atom is -0.355 e. The summed E-state index contributed by atoms with van der Waals surface area (Å²) >= 11 is 0. The molecule has 2 fully saturated rings. The highest BCUT2D eigenvalue weighted by molar-refractivity contribution is 5.85. The fraction of sp³-hybridized carbons (Fsp3) is 0.923. The molecule has 2 atom stereocenters. The van der Waals surface area contributed by atoms with Crippen molar-refractivity contribution < 1.29 is 4.79 Å². The third kappa shape index (κ3) is 4.75. The Morgan fingerprint density at radius 2 is 2.11 bits per heavy atom. The van der Waals surface area contributed by atoms with Crippen molar-refractivity contribution in [2.75, 3.05) is 26.2 Å². The molecular formula is C13H26ClN3O. The van der Waals surface area contributed by atoms with Crippen molar-refractivity contribution in [2.45, 2.75) is 38.6 Å². The molecule has 1 saturated carbocycles. The largest absolute Gasteiger partial charge is 0.355 e. The Balaban J connectivity index is 0.00000162. The molecule has 3 N–H and O–H groups in total. The number of nitrogens with zero attached hydrogens (tertiary/aromatic N) is 1. The van der Waals surface area contributed by atoms with Crippen LogP contribution in [0.15, 0.2) is 0 Å². The zero-order valence-electron chi connectivity index (χ0n) is 11.2. The minimum absolute atomic E-state index is 0. The average molecular weight is 276 g/mol. The zero-order valence-corrected chi connectivity index (χ0v) is 12.0. The van der Waals surface area contributed by atoms with Crippen LogP contribution in [0.4, 0.5) is 0 Å². The van der Waals surface area contributed by atoms with E-state index < -0.39 is 0 Å². The van der Waals surface area contributed by atoms with Gasteiger partial charge in [0.25, 0.3) is 0 Å². The van der Waals surface area contributed by atoms with E-state index in [4.69, 9.17) is 5.73 Å². The van der Waals surface area contributed by atoms with Gasteiger partial charge in [0.05, 0.1) is 6.54 Å². The number of halogens is 1. The summed E-state index contributed by atoms with van der Waals surface area (Å²) in [6, 6.07) is 0.394. The van der Waals surface area contributed by atoms with Crippen LogP contribution in [0.25, 0.3) is 0 Å². The number of carbonyl (C=O) groups is 1. The Morgan fingerprint density at radius 1 is 1.39 bits per heavy atom.